The first-order valence-corrected chi connectivity index (χ1v) is 21.9. The van der Waals surface area contributed by atoms with E-state index < -0.39 is 0 Å². The van der Waals surface area contributed by atoms with Gasteiger partial charge >= 0.3 is 0 Å². The first-order valence-electron chi connectivity index (χ1n) is 21.9. The first-order chi connectivity index (χ1) is 31.8. The van der Waals surface area contributed by atoms with Gasteiger partial charge in [0.15, 0.2) is 5.82 Å². The highest BCUT2D eigenvalue weighted by Gasteiger charge is 2.49. The molecule has 13 rings (SSSR count). The van der Waals surface area contributed by atoms with Crippen LogP contribution in [0.3, 0.4) is 0 Å². The molecule has 10 aromatic rings. The molecule has 0 saturated carbocycles. The Hall–Kier alpha value is -8.48. The molecule has 0 saturated heterocycles. The van der Waals surface area contributed by atoms with Gasteiger partial charge in [-0.25, -0.2) is 9.97 Å². The van der Waals surface area contributed by atoms with Crippen molar-refractivity contribution in [3.05, 3.63) is 231 Å². The van der Waals surface area contributed by atoms with Crippen LogP contribution in [0.15, 0.2) is 231 Å². The maximum Gasteiger partial charge on any atom is 0.257 e. The molecule has 3 aliphatic heterocycles. The largest absolute Gasteiger partial charge is 0.311 e. The summed E-state index contributed by atoms with van der Waals surface area (Å²) in [5.74, 6) is 0.694. The molecule has 0 radical (unpaired) electrons. The molecule has 4 heterocycles. The Morgan fingerprint density at radius 2 is 0.609 bits per heavy atom. The molecule has 0 N–H and O–H groups in total. The van der Waals surface area contributed by atoms with E-state index in [0.29, 0.717) is 5.82 Å². The van der Waals surface area contributed by atoms with Gasteiger partial charge in [-0.3, -0.25) is 0 Å². The van der Waals surface area contributed by atoms with E-state index in [-0.39, 0.29) is 6.71 Å². The lowest BCUT2D eigenvalue weighted by Gasteiger charge is -2.49. The van der Waals surface area contributed by atoms with Crippen LogP contribution < -0.4 is 31.1 Å². The number of aromatic nitrogens is 2. The van der Waals surface area contributed by atoms with Gasteiger partial charge in [0, 0.05) is 67.9 Å². The molecule has 3 aliphatic rings. The summed E-state index contributed by atoms with van der Waals surface area (Å²) in [4.78, 5) is 17.7. The van der Waals surface area contributed by atoms with Gasteiger partial charge in [0.05, 0.1) is 11.4 Å². The Morgan fingerprint density at radius 1 is 0.266 bits per heavy atom. The maximum absolute atomic E-state index is 5.14. The number of para-hydroxylation sites is 3. The van der Waals surface area contributed by atoms with Crippen molar-refractivity contribution in [3.63, 3.8) is 0 Å². The molecule has 0 unspecified atom stereocenters. The molecule has 0 fully saturated rings. The van der Waals surface area contributed by atoms with E-state index in [1.165, 1.54) is 50.5 Å². The number of nitrogens with zero attached hydrogens (tertiary/aromatic N) is 5. The van der Waals surface area contributed by atoms with Crippen molar-refractivity contribution in [2.45, 2.75) is 0 Å². The molecule has 0 aliphatic carbocycles. The lowest BCUT2D eigenvalue weighted by molar-refractivity contribution is 1.18. The Bertz CT molecular complexity index is 3200. The van der Waals surface area contributed by atoms with Gasteiger partial charge in [0.1, 0.15) is 0 Å². The van der Waals surface area contributed by atoms with Gasteiger partial charge in [0.25, 0.3) is 6.71 Å². The third-order valence-electron chi connectivity index (χ3n) is 13.0. The van der Waals surface area contributed by atoms with Crippen molar-refractivity contribution in [2.75, 3.05) is 14.7 Å². The number of rotatable bonds is 7. The summed E-state index contributed by atoms with van der Waals surface area (Å²) in [5, 5.41) is 0. The van der Waals surface area contributed by atoms with E-state index in [1.807, 2.05) is 12.1 Å². The van der Waals surface area contributed by atoms with Crippen molar-refractivity contribution in [2.24, 2.45) is 0 Å². The molecule has 0 amide bonds. The molecule has 1 aromatic heterocycles. The van der Waals surface area contributed by atoms with Gasteiger partial charge in [0.2, 0.25) is 0 Å². The summed E-state index contributed by atoms with van der Waals surface area (Å²) in [6.07, 6.45) is 0. The molecular weight excluding hydrogens is 777 g/mol. The Balaban J connectivity index is 1.03. The molecular formula is C58H38BN5. The molecule has 0 spiro atoms. The van der Waals surface area contributed by atoms with Crippen LogP contribution in [0.25, 0.3) is 45.0 Å². The number of hydrogen-bond acceptors (Lipinski definition) is 5. The predicted octanol–water partition coefficient (Wildman–Crippen LogP) is 13.0. The van der Waals surface area contributed by atoms with Crippen molar-refractivity contribution >= 4 is 74.3 Å². The standard InChI is InChI=1S/C58H38BN5/c1-6-18-40(19-7-1)47-38-48(41-20-8-2-9-21-41)61-58(60-47)42-34-32-39(33-35-42)43-36-53-57-54(37-43)64(46-26-14-5-15-27-46)52-31-17-29-50-56(52)59(57)55-49(62(50)44-22-10-3-11-23-44)28-16-30-51(55)63(53)45-24-12-4-13-25-45/h1-38H. The molecule has 0 atom stereocenters. The van der Waals surface area contributed by atoms with Crippen LogP contribution >= 0.6 is 0 Å². The normalized spacial score (nSPS) is 12.9. The summed E-state index contributed by atoms with van der Waals surface area (Å²) < 4.78 is 0. The molecule has 64 heavy (non-hydrogen) atoms. The quantitative estimate of drug-likeness (QED) is 0.150. The zero-order valence-corrected chi connectivity index (χ0v) is 34.8. The Kier molecular flexibility index (Phi) is 8.24. The van der Waals surface area contributed by atoms with Gasteiger partial charge in [-0.1, -0.05) is 152 Å². The summed E-state index contributed by atoms with van der Waals surface area (Å²) in [5.41, 5.74) is 21.6. The van der Waals surface area contributed by atoms with E-state index >= 15 is 0 Å². The predicted molar refractivity (Wildman–Crippen MR) is 266 cm³/mol. The van der Waals surface area contributed by atoms with Crippen LogP contribution in [-0.4, -0.2) is 16.7 Å². The summed E-state index contributed by atoms with van der Waals surface area (Å²) in [7, 11) is 0. The lowest BCUT2D eigenvalue weighted by Crippen LogP contribution is -2.64. The van der Waals surface area contributed by atoms with Crippen molar-refractivity contribution in [1.29, 1.82) is 0 Å². The topological polar surface area (TPSA) is 35.5 Å². The summed E-state index contributed by atoms with van der Waals surface area (Å²) in [6.45, 7) is 0.0200. The van der Waals surface area contributed by atoms with Gasteiger partial charge < -0.3 is 14.7 Å². The molecule has 5 nitrogen and oxygen atoms in total. The van der Waals surface area contributed by atoms with Crippen LogP contribution in [0.4, 0.5) is 51.2 Å². The number of hydrogen-bond donors (Lipinski definition) is 0. The minimum atomic E-state index is 0.0200. The van der Waals surface area contributed by atoms with Crippen molar-refractivity contribution in [3.8, 4) is 45.0 Å². The third kappa shape index (κ3) is 5.66. The fraction of sp³-hybridized carbons (Fsp3) is 0. The highest BCUT2D eigenvalue weighted by molar-refractivity contribution is 7.02. The SMILES string of the molecule is c1ccc(-c2cc(-c3ccccc3)nc(-c3ccc(-c4cc5c6c(c4)N(c4ccccc4)c4cccc7c4B6c4c(cccc4N5c4ccccc4)N7c4ccccc4)cc3)n2)cc1. The fourth-order valence-corrected chi connectivity index (χ4v) is 10.2. The van der Waals surface area contributed by atoms with E-state index in [2.05, 4.69) is 233 Å². The van der Waals surface area contributed by atoms with E-state index in [0.717, 1.165) is 56.3 Å². The van der Waals surface area contributed by atoms with Gasteiger partial charge in [-0.2, -0.15) is 0 Å². The fourth-order valence-electron chi connectivity index (χ4n) is 10.2. The minimum Gasteiger partial charge on any atom is -0.311 e. The first kappa shape index (κ1) is 36.2. The maximum atomic E-state index is 5.14. The second-order valence-corrected chi connectivity index (χ2v) is 16.6. The second-order valence-electron chi connectivity index (χ2n) is 16.6. The average Bonchev–Trinajstić information content (AvgIpc) is 3.37. The van der Waals surface area contributed by atoms with Crippen LogP contribution in [0.2, 0.25) is 0 Å². The van der Waals surface area contributed by atoms with Crippen LogP contribution in [0, 0.1) is 0 Å². The average molecular weight is 816 g/mol. The number of anilines is 9. The second kappa shape index (κ2) is 14.6. The zero-order valence-electron chi connectivity index (χ0n) is 34.8. The Morgan fingerprint density at radius 3 is 1.02 bits per heavy atom. The monoisotopic (exact) mass is 815 g/mol. The molecule has 9 aromatic carbocycles. The van der Waals surface area contributed by atoms with E-state index in [9.17, 15) is 0 Å². The van der Waals surface area contributed by atoms with Crippen LogP contribution in [0.1, 0.15) is 0 Å². The third-order valence-corrected chi connectivity index (χ3v) is 13.0. The number of benzene rings is 9. The summed E-state index contributed by atoms with van der Waals surface area (Å²) in [6, 6.07) is 82.6. The van der Waals surface area contributed by atoms with Crippen LogP contribution in [-0.2, 0) is 0 Å². The lowest BCUT2D eigenvalue weighted by atomic mass is 9.31. The Labute approximate surface area is 372 Å². The molecule has 0 bridgehead atoms. The van der Waals surface area contributed by atoms with Gasteiger partial charge in [-0.15, -0.1) is 0 Å². The van der Waals surface area contributed by atoms with E-state index in [1.54, 1.807) is 0 Å². The minimum absolute atomic E-state index is 0.0200. The highest BCUT2D eigenvalue weighted by atomic mass is 15.2. The molecule has 6 heteroatoms. The zero-order chi connectivity index (χ0) is 42.1. The molecule has 298 valence electrons. The van der Waals surface area contributed by atoms with E-state index in [4.69, 9.17) is 9.97 Å². The van der Waals surface area contributed by atoms with Crippen LogP contribution in [0.5, 0.6) is 0 Å². The highest BCUT2D eigenvalue weighted by Crippen LogP contribution is 2.51. The summed E-state index contributed by atoms with van der Waals surface area (Å²) >= 11 is 0. The van der Waals surface area contributed by atoms with Crippen molar-refractivity contribution < 1.29 is 0 Å². The van der Waals surface area contributed by atoms with Crippen molar-refractivity contribution in [1.82, 2.24) is 9.97 Å². The smallest absolute Gasteiger partial charge is 0.257 e. The van der Waals surface area contributed by atoms with Gasteiger partial charge in [-0.05, 0) is 106 Å².